The fourth-order valence-electron chi connectivity index (χ4n) is 5.88. The molecule has 45 heavy (non-hydrogen) atoms. The summed E-state index contributed by atoms with van der Waals surface area (Å²) < 4.78 is 52.2. The number of alkyl halides is 2. The molecule has 9 nitrogen and oxygen atoms in total. The summed E-state index contributed by atoms with van der Waals surface area (Å²) in [5.74, 6) is -4.67. The number of pyridine rings is 1. The number of aromatic nitrogens is 1. The van der Waals surface area contributed by atoms with Gasteiger partial charge in [0.25, 0.3) is 5.91 Å². The number of nitriles is 1. The van der Waals surface area contributed by atoms with Gasteiger partial charge in [0, 0.05) is 54.4 Å². The van der Waals surface area contributed by atoms with Crippen molar-refractivity contribution < 1.29 is 31.6 Å². The Morgan fingerprint density at radius 1 is 1.16 bits per heavy atom. The third-order valence-corrected chi connectivity index (χ3v) is 9.57. The van der Waals surface area contributed by atoms with E-state index in [4.69, 9.17) is 11.6 Å². The van der Waals surface area contributed by atoms with Crippen LogP contribution in [0.5, 0.6) is 0 Å². The predicted molar refractivity (Wildman–Crippen MR) is 163 cm³/mol. The number of hydrogen-bond donors (Lipinski definition) is 0. The third kappa shape index (κ3) is 6.89. The van der Waals surface area contributed by atoms with Gasteiger partial charge < -0.3 is 0 Å². The Hall–Kier alpha value is -4.21. The van der Waals surface area contributed by atoms with Crippen LogP contribution in [-0.4, -0.2) is 49.2 Å². The van der Waals surface area contributed by atoms with Crippen LogP contribution in [-0.2, 0) is 24.2 Å². The molecule has 0 N–H and O–H groups in total. The number of hydrogen-bond acceptors (Lipinski definition) is 7. The highest BCUT2D eigenvalue weighted by Crippen LogP contribution is 2.45. The molecule has 2 atom stereocenters. The van der Waals surface area contributed by atoms with Gasteiger partial charge in [-0.3, -0.25) is 24.2 Å². The van der Waals surface area contributed by atoms with E-state index in [1.165, 1.54) is 47.5 Å². The van der Waals surface area contributed by atoms with Gasteiger partial charge in [0.2, 0.25) is 11.8 Å². The highest BCUT2D eigenvalue weighted by atomic mass is 35.5. The molecule has 5 rings (SSSR count). The zero-order chi connectivity index (χ0) is 32.5. The van der Waals surface area contributed by atoms with Gasteiger partial charge in [0.15, 0.2) is 15.6 Å². The van der Waals surface area contributed by atoms with Crippen molar-refractivity contribution in [1.82, 2.24) is 4.98 Å². The van der Waals surface area contributed by atoms with Gasteiger partial charge in [0.1, 0.15) is 17.9 Å². The zero-order valence-electron chi connectivity index (χ0n) is 24.2. The molecule has 1 aliphatic carbocycles. The van der Waals surface area contributed by atoms with Gasteiger partial charge in [-0.1, -0.05) is 35.9 Å². The standard InChI is InChI=1S/C32H29ClF2N4O5S/c1-45(43,44)23-6-4-5-22(16-23)38(31(42)26-10-12-29(41)39(26)28-15-20(19-36)13-14-37-28)30(24-7-2-3-8-25(24)33)27(40)11-9-21-17-32(34,35)18-21/h2-8,13-16,21,26,30H,9-12,17-18H2,1H3/t26-,30?/m0/s1. The van der Waals surface area contributed by atoms with Crippen molar-refractivity contribution >= 4 is 50.5 Å². The molecule has 2 amide bonds. The lowest BCUT2D eigenvalue weighted by atomic mass is 9.77. The van der Waals surface area contributed by atoms with E-state index in [2.05, 4.69) is 4.98 Å². The summed E-state index contributed by atoms with van der Waals surface area (Å²) in [5.41, 5.74) is 0.533. The first-order chi connectivity index (χ1) is 21.3. The number of halogens is 3. The van der Waals surface area contributed by atoms with Gasteiger partial charge in [0.05, 0.1) is 16.5 Å². The van der Waals surface area contributed by atoms with Crippen molar-refractivity contribution in [2.45, 2.75) is 61.4 Å². The van der Waals surface area contributed by atoms with Crippen molar-refractivity contribution in [1.29, 1.82) is 5.26 Å². The fraction of sp³-hybridized carbons (Fsp3) is 0.344. The Morgan fingerprint density at radius 3 is 2.56 bits per heavy atom. The van der Waals surface area contributed by atoms with Crippen LogP contribution in [0.2, 0.25) is 5.02 Å². The number of Topliss-reactive ketones (excluding diaryl/α,β-unsaturated/α-hetero) is 1. The van der Waals surface area contributed by atoms with Gasteiger partial charge in [-0.2, -0.15) is 5.26 Å². The van der Waals surface area contributed by atoms with Crippen LogP contribution < -0.4 is 9.80 Å². The smallest absolute Gasteiger partial charge is 0.251 e. The summed E-state index contributed by atoms with van der Waals surface area (Å²) in [6, 6.07) is 14.2. The molecule has 2 aromatic carbocycles. The highest BCUT2D eigenvalue weighted by Gasteiger charge is 2.47. The number of amides is 2. The molecule has 1 saturated carbocycles. The van der Waals surface area contributed by atoms with E-state index in [0.717, 1.165) is 11.2 Å². The number of nitrogens with zero attached hydrogens (tertiary/aromatic N) is 4. The van der Waals surface area contributed by atoms with E-state index < -0.39 is 45.4 Å². The first-order valence-corrected chi connectivity index (χ1v) is 16.5. The maximum Gasteiger partial charge on any atom is 0.251 e. The van der Waals surface area contributed by atoms with Gasteiger partial charge in [-0.15, -0.1) is 0 Å². The summed E-state index contributed by atoms with van der Waals surface area (Å²) in [6.07, 6.45) is 1.74. The number of sulfone groups is 1. The molecule has 3 aromatic rings. The first kappa shape index (κ1) is 32.2. The summed E-state index contributed by atoms with van der Waals surface area (Å²) in [4.78, 5) is 48.4. The lowest BCUT2D eigenvalue weighted by Gasteiger charge is -2.37. The normalized spacial score (nSPS) is 18.6. The van der Waals surface area contributed by atoms with Crippen LogP contribution in [0.1, 0.15) is 55.7 Å². The molecule has 1 unspecified atom stereocenters. The fourth-order valence-corrected chi connectivity index (χ4v) is 6.78. The number of ketones is 1. The number of carbonyl (C=O) groups excluding carboxylic acids is 3. The summed E-state index contributed by atoms with van der Waals surface area (Å²) >= 11 is 6.59. The van der Waals surface area contributed by atoms with Crippen molar-refractivity contribution in [2.24, 2.45) is 5.92 Å². The van der Waals surface area contributed by atoms with E-state index in [1.54, 1.807) is 24.3 Å². The Labute approximate surface area is 264 Å². The van der Waals surface area contributed by atoms with Crippen LogP contribution in [0.3, 0.4) is 0 Å². The minimum atomic E-state index is -3.75. The van der Waals surface area contributed by atoms with Crippen LogP contribution >= 0.6 is 11.6 Å². The average Bonchev–Trinajstić information content (AvgIpc) is 3.38. The second-order valence-electron chi connectivity index (χ2n) is 11.4. The lowest BCUT2D eigenvalue weighted by Crippen LogP contribution is -2.50. The first-order valence-electron chi connectivity index (χ1n) is 14.3. The second-order valence-corrected chi connectivity index (χ2v) is 13.8. The summed E-state index contributed by atoms with van der Waals surface area (Å²) in [7, 11) is -3.75. The minimum Gasteiger partial charge on any atom is -0.297 e. The Balaban J connectivity index is 1.63. The van der Waals surface area contributed by atoms with Gasteiger partial charge in [-0.05, 0) is 55.2 Å². The van der Waals surface area contributed by atoms with Crippen LogP contribution in [0.4, 0.5) is 20.3 Å². The zero-order valence-corrected chi connectivity index (χ0v) is 25.8. The van der Waals surface area contributed by atoms with Crippen molar-refractivity contribution in [3.05, 3.63) is 83.0 Å². The number of rotatable bonds is 10. The number of anilines is 2. The number of carbonyl (C=O) groups is 3. The molecular formula is C32H29ClF2N4O5S. The van der Waals surface area contributed by atoms with Crippen molar-refractivity contribution in [2.75, 3.05) is 16.1 Å². The maximum absolute atomic E-state index is 14.7. The molecule has 1 aromatic heterocycles. The van der Waals surface area contributed by atoms with Gasteiger partial charge >= 0.3 is 0 Å². The monoisotopic (exact) mass is 654 g/mol. The average molecular weight is 655 g/mol. The quantitative estimate of drug-likeness (QED) is 0.275. The SMILES string of the molecule is CS(=O)(=O)c1cccc(N(C(=O)[C@@H]2CCC(=O)N2c2cc(C#N)ccn2)C(C(=O)CCC2CC(F)(F)C2)c2ccccc2Cl)c1. The molecule has 234 valence electrons. The van der Waals surface area contributed by atoms with E-state index in [-0.39, 0.29) is 77.0 Å². The van der Waals surface area contributed by atoms with Crippen LogP contribution in [0.15, 0.2) is 71.8 Å². The molecule has 2 fully saturated rings. The third-order valence-electron chi connectivity index (χ3n) is 8.12. The lowest BCUT2D eigenvalue weighted by molar-refractivity contribution is -0.129. The second kappa shape index (κ2) is 12.7. The van der Waals surface area contributed by atoms with E-state index >= 15 is 0 Å². The molecule has 0 spiro atoms. The molecular weight excluding hydrogens is 626 g/mol. The molecule has 2 heterocycles. The summed E-state index contributed by atoms with van der Waals surface area (Å²) in [6.45, 7) is 0. The Kier molecular flexibility index (Phi) is 9.05. The van der Waals surface area contributed by atoms with Crippen molar-refractivity contribution in [3.8, 4) is 6.07 Å². The molecule has 2 aliphatic rings. The minimum absolute atomic E-state index is 0.0211. The molecule has 1 saturated heterocycles. The maximum atomic E-state index is 14.7. The van der Waals surface area contributed by atoms with E-state index in [9.17, 15) is 36.8 Å². The van der Waals surface area contributed by atoms with Crippen LogP contribution in [0.25, 0.3) is 0 Å². The largest absolute Gasteiger partial charge is 0.297 e. The summed E-state index contributed by atoms with van der Waals surface area (Å²) in [5, 5.41) is 9.56. The highest BCUT2D eigenvalue weighted by molar-refractivity contribution is 7.90. The molecule has 13 heteroatoms. The Bertz CT molecular complexity index is 1800. The Morgan fingerprint density at radius 2 is 1.89 bits per heavy atom. The topological polar surface area (TPSA) is 129 Å². The van der Waals surface area contributed by atoms with E-state index in [0.29, 0.717) is 0 Å². The van der Waals surface area contributed by atoms with Crippen molar-refractivity contribution in [3.63, 3.8) is 0 Å². The molecule has 1 aliphatic heterocycles. The van der Waals surface area contributed by atoms with Gasteiger partial charge in [-0.25, -0.2) is 22.2 Å². The molecule has 0 radical (unpaired) electrons. The van der Waals surface area contributed by atoms with E-state index in [1.807, 2.05) is 6.07 Å². The van der Waals surface area contributed by atoms with Crippen LogP contribution in [0, 0.1) is 17.2 Å². The number of benzene rings is 2. The molecule has 0 bridgehead atoms. The predicted octanol–water partition coefficient (Wildman–Crippen LogP) is 5.67.